The Morgan fingerprint density at radius 1 is 1.00 bits per heavy atom. The maximum absolute atomic E-state index is 13.6. The van der Waals surface area contributed by atoms with Gasteiger partial charge in [-0.3, -0.25) is 0 Å². The van der Waals surface area contributed by atoms with E-state index in [1.807, 2.05) is 26.0 Å². The predicted octanol–water partition coefficient (Wildman–Crippen LogP) is 4.43. The van der Waals surface area contributed by atoms with Crippen molar-refractivity contribution in [3.05, 3.63) is 72.6 Å². The van der Waals surface area contributed by atoms with E-state index >= 15 is 0 Å². The van der Waals surface area contributed by atoms with Crippen molar-refractivity contribution in [2.24, 2.45) is 5.92 Å². The smallest absolute Gasteiger partial charge is 0.261 e. The van der Waals surface area contributed by atoms with Crippen LogP contribution >= 0.6 is 0 Å². The molecule has 2 nitrogen and oxygen atoms in total. The minimum Gasteiger partial charge on any atom is -0.404 e. The summed E-state index contributed by atoms with van der Waals surface area (Å²) in [6, 6.07) is 20.8. The van der Waals surface area contributed by atoms with Crippen molar-refractivity contribution >= 4 is 18.7 Å². The minimum atomic E-state index is -2.65. The minimum absolute atomic E-state index is 0.122. The molecule has 0 aliphatic rings. The highest BCUT2D eigenvalue weighted by Gasteiger charge is 2.51. The first-order valence-corrected chi connectivity index (χ1v) is 11.4. The van der Waals surface area contributed by atoms with Crippen LogP contribution in [0, 0.1) is 5.92 Å². The molecular weight excluding hydrogens is 355 g/mol. The van der Waals surface area contributed by atoms with Crippen molar-refractivity contribution in [1.82, 2.24) is 0 Å². The fourth-order valence-corrected chi connectivity index (χ4v) is 8.34. The van der Waals surface area contributed by atoms with Crippen LogP contribution in [0.2, 0.25) is 5.04 Å². The second-order valence-electron chi connectivity index (χ2n) is 8.12. The molecule has 2 atom stereocenters. The van der Waals surface area contributed by atoms with Crippen molar-refractivity contribution in [3.63, 3.8) is 0 Å². The van der Waals surface area contributed by atoms with Crippen LogP contribution < -0.4 is 10.4 Å². The molecule has 0 aromatic heterocycles. The summed E-state index contributed by atoms with van der Waals surface area (Å²) in [6.45, 7) is 10.0. The summed E-state index contributed by atoms with van der Waals surface area (Å²) in [6.07, 6.45) is 1.26. The van der Waals surface area contributed by atoms with Gasteiger partial charge in [0.2, 0.25) is 0 Å². The molecule has 2 aromatic carbocycles. The molecule has 0 heterocycles. The molecule has 0 radical (unpaired) electrons. The number of aliphatic hydroxyl groups excluding tert-OH is 1. The van der Waals surface area contributed by atoms with Gasteiger partial charge < -0.3 is 9.53 Å². The Morgan fingerprint density at radius 3 is 1.81 bits per heavy atom. The molecule has 0 aliphatic carbocycles. The van der Waals surface area contributed by atoms with E-state index in [1.54, 1.807) is 0 Å². The van der Waals surface area contributed by atoms with Gasteiger partial charge in [0.05, 0.1) is 6.61 Å². The SMILES string of the molecule is C[C@H](C=C(F)CO)[C@@H](C)O[Si](c1ccccc1)(c1ccccc1)C(C)(C)C. The second kappa shape index (κ2) is 8.96. The Bertz CT molecular complexity index is 698. The molecule has 2 aromatic rings. The zero-order valence-electron chi connectivity index (χ0n) is 16.9. The zero-order valence-corrected chi connectivity index (χ0v) is 17.9. The van der Waals surface area contributed by atoms with Gasteiger partial charge in [0.15, 0.2) is 0 Å². The van der Waals surface area contributed by atoms with E-state index in [0.29, 0.717) is 0 Å². The van der Waals surface area contributed by atoms with Crippen molar-refractivity contribution < 1.29 is 13.9 Å². The lowest BCUT2D eigenvalue weighted by Gasteiger charge is -2.45. The number of halogens is 1. The first-order chi connectivity index (χ1) is 12.7. The summed E-state index contributed by atoms with van der Waals surface area (Å²) in [7, 11) is -2.65. The number of benzene rings is 2. The van der Waals surface area contributed by atoms with Gasteiger partial charge in [0.1, 0.15) is 5.83 Å². The molecule has 0 unspecified atom stereocenters. The van der Waals surface area contributed by atoms with Crippen molar-refractivity contribution in [2.75, 3.05) is 6.61 Å². The average molecular weight is 387 g/mol. The third-order valence-corrected chi connectivity index (χ3v) is 10.2. The largest absolute Gasteiger partial charge is 0.404 e. The summed E-state index contributed by atoms with van der Waals surface area (Å²) in [5.41, 5.74) is 0. The molecule has 0 bridgehead atoms. The number of rotatable bonds is 7. The molecule has 4 heteroatoms. The topological polar surface area (TPSA) is 29.5 Å². The van der Waals surface area contributed by atoms with Gasteiger partial charge >= 0.3 is 0 Å². The first-order valence-electron chi connectivity index (χ1n) is 9.48. The van der Waals surface area contributed by atoms with Gasteiger partial charge in [0.25, 0.3) is 8.32 Å². The Kier molecular flexibility index (Phi) is 7.15. The van der Waals surface area contributed by atoms with Gasteiger partial charge in [-0.15, -0.1) is 0 Å². The molecule has 0 saturated heterocycles. The van der Waals surface area contributed by atoms with Gasteiger partial charge in [0, 0.05) is 12.0 Å². The summed E-state index contributed by atoms with van der Waals surface area (Å²) >= 11 is 0. The standard InChI is InChI=1S/C23H31FO2Si/c1-18(16-20(24)17-25)19(2)26-27(23(3,4)5,21-12-8-6-9-13-21)22-14-10-7-11-15-22/h6-16,18-19,25H,17H2,1-5H3/t18-,19-/m1/s1. The number of aliphatic hydroxyl groups is 1. The van der Waals surface area contributed by atoms with E-state index in [1.165, 1.54) is 16.4 Å². The molecule has 0 fully saturated rings. The van der Waals surface area contributed by atoms with Crippen LogP contribution in [0.25, 0.3) is 0 Å². The van der Waals surface area contributed by atoms with Crippen molar-refractivity contribution in [2.45, 2.75) is 45.8 Å². The van der Waals surface area contributed by atoms with E-state index in [4.69, 9.17) is 9.53 Å². The van der Waals surface area contributed by atoms with E-state index in [2.05, 4.69) is 69.3 Å². The van der Waals surface area contributed by atoms with Crippen LogP contribution in [0.1, 0.15) is 34.6 Å². The highest BCUT2D eigenvalue weighted by Crippen LogP contribution is 2.38. The van der Waals surface area contributed by atoms with E-state index < -0.39 is 20.8 Å². The van der Waals surface area contributed by atoms with Gasteiger partial charge in [-0.2, -0.15) is 0 Å². The molecule has 27 heavy (non-hydrogen) atoms. The molecule has 0 saturated carbocycles. The maximum Gasteiger partial charge on any atom is 0.261 e. The number of hydrogen-bond acceptors (Lipinski definition) is 2. The third kappa shape index (κ3) is 4.75. The number of hydrogen-bond donors (Lipinski definition) is 1. The lowest BCUT2D eigenvalue weighted by molar-refractivity contribution is 0.168. The van der Waals surface area contributed by atoms with Crippen LogP contribution in [0.15, 0.2) is 72.6 Å². The molecule has 2 rings (SSSR count). The van der Waals surface area contributed by atoms with Crippen molar-refractivity contribution in [1.29, 1.82) is 0 Å². The van der Waals surface area contributed by atoms with E-state index in [9.17, 15) is 4.39 Å². The average Bonchev–Trinajstić information content (AvgIpc) is 2.66. The van der Waals surface area contributed by atoms with Crippen LogP contribution in [0.3, 0.4) is 0 Å². The fraction of sp³-hybridized carbons (Fsp3) is 0.391. The lowest BCUT2D eigenvalue weighted by atomic mass is 10.1. The van der Waals surface area contributed by atoms with Gasteiger partial charge in [-0.05, 0) is 28.4 Å². The Balaban J connectivity index is 2.59. The second-order valence-corrected chi connectivity index (χ2v) is 12.4. The predicted molar refractivity (Wildman–Crippen MR) is 114 cm³/mol. The Hall–Kier alpha value is -1.75. The van der Waals surface area contributed by atoms with Crippen LogP contribution in [-0.4, -0.2) is 26.1 Å². The molecule has 0 aliphatic heterocycles. The van der Waals surface area contributed by atoms with E-state index in [-0.39, 0.29) is 17.1 Å². The Labute approximate surface area is 163 Å². The summed E-state index contributed by atoms with van der Waals surface area (Å²) in [5.74, 6) is -0.667. The molecule has 0 spiro atoms. The fourth-order valence-electron chi connectivity index (χ4n) is 3.55. The van der Waals surface area contributed by atoms with Crippen molar-refractivity contribution in [3.8, 4) is 0 Å². The summed E-state index contributed by atoms with van der Waals surface area (Å²) < 4.78 is 20.6. The van der Waals surface area contributed by atoms with Crippen LogP contribution in [0.4, 0.5) is 4.39 Å². The highest BCUT2D eigenvalue weighted by molar-refractivity contribution is 6.99. The monoisotopic (exact) mass is 386 g/mol. The molecule has 1 N–H and O–H groups in total. The van der Waals surface area contributed by atoms with Crippen LogP contribution in [-0.2, 0) is 4.43 Å². The zero-order chi connectivity index (χ0) is 20.1. The van der Waals surface area contributed by atoms with Crippen LogP contribution in [0.5, 0.6) is 0 Å². The van der Waals surface area contributed by atoms with E-state index in [0.717, 1.165) is 0 Å². The van der Waals surface area contributed by atoms with Gasteiger partial charge in [-0.1, -0.05) is 88.4 Å². The van der Waals surface area contributed by atoms with Gasteiger partial charge in [-0.25, -0.2) is 4.39 Å². The first kappa shape index (κ1) is 21.5. The molecule has 146 valence electrons. The highest BCUT2D eigenvalue weighted by atomic mass is 28.4. The maximum atomic E-state index is 13.6. The molecule has 0 amide bonds. The summed E-state index contributed by atoms with van der Waals surface area (Å²) in [5, 5.41) is 11.3. The lowest BCUT2D eigenvalue weighted by Crippen LogP contribution is -2.67. The summed E-state index contributed by atoms with van der Waals surface area (Å²) in [4.78, 5) is 0. The third-order valence-electron chi connectivity index (χ3n) is 5.11. The Morgan fingerprint density at radius 2 is 1.44 bits per heavy atom. The normalized spacial score (nSPS) is 15.4. The quantitative estimate of drug-likeness (QED) is 0.713. The molecular formula is C23H31FO2Si.